The van der Waals surface area contributed by atoms with Gasteiger partial charge in [-0.15, -0.1) is 0 Å². The molecule has 0 heterocycles. The summed E-state index contributed by atoms with van der Waals surface area (Å²) >= 11 is 0. The van der Waals surface area contributed by atoms with Crippen LogP contribution in [0.3, 0.4) is 0 Å². The Bertz CT molecular complexity index is 372. The van der Waals surface area contributed by atoms with E-state index in [2.05, 4.69) is 31.1 Å². The minimum Gasteiger partial charge on any atom is -0.352 e. The highest BCUT2D eigenvalue weighted by atomic mass is 16.5. The summed E-state index contributed by atoms with van der Waals surface area (Å²) in [7, 11) is 0. The van der Waals surface area contributed by atoms with Crippen LogP contribution in [0.25, 0.3) is 0 Å². The quantitative estimate of drug-likeness (QED) is 0.292. The predicted octanol–water partition coefficient (Wildman–Crippen LogP) is 2.34. The SMILES string of the molecule is C=CC(=O)N(O)CCN[C@H](C(=O)NC(CCC)CCC)C(C)C.[HH]. The zero-order valence-corrected chi connectivity index (χ0v) is 15.0. The number of amides is 2. The molecule has 0 bridgehead atoms. The van der Waals surface area contributed by atoms with E-state index in [9.17, 15) is 14.8 Å². The third kappa shape index (κ3) is 8.71. The number of hydrogen-bond donors (Lipinski definition) is 3. The van der Waals surface area contributed by atoms with E-state index in [1.54, 1.807) is 0 Å². The summed E-state index contributed by atoms with van der Waals surface area (Å²) in [5.74, 6) is -0.462. The molecular weight excluding hydrogens is 294 g/mol. The molecule has 0 aliphatic heterocycles. The molecule has 0 saturated carbocycles. The van der Waals surface area contributed by atoms with Crippen molar-refractivity contribution in [1.82, 2.24) is 15.7 Å². The largest absolute Gasteiger partial charge is 0.352 e. The maximum absolute atomic E-state index is 12.5. The zero-order chi connectivity index (χ0) is 17.8. The molecule has 0 saturated heterocycles. The molecule has 2 amide bonds. The summed E-state index contributed by atoms with van der Waals surface area (Å²) < 4.78 is 0. The Hall–Kier alpha value is -1.40. The van der Waals surface area contributed by atoms with Gasteiger partial charge in [-0.3, -0.25) is 14.8 Å². The van der Waals surface area contributed by atoms with Crippen molar-refractivity contribution in [1.29, 1.82) is 0 Å². The fourth-order valence-corrected chi connectivity index (χ4v) is 2.45. The van der Waals surface area contributed by atoms with E-state index in [1.165, 1.54) is 0 Å². The van der Waals surface area contributed by atoms with Crippen LogP contribution in [0.5, 0.6) is 0 Å². The molecule has 136 valence electrons. The first-order valence-corrected chi connectivity index (χ1v) is 8.53. The fourth-order valence-electron chi connectivity index (χ4n) is 2.45. The standard InChI is InChI=1S/C17H33N3O3.H2/c1-6-9-14(10-7-2)19-17(22)16(13(4)5)18-11-12-20(23)15(21)8-3;/h8,13-14,16,18,23H,3,6-7,9-12H2,1-2,4-5H3,(H,19,22);1H/t16-;/m0./s1. The molecule has 0 aromatic heterocycles. The highest BCUT2D eigenvalue weighted by Crippen LogP contribution is 2.07. The molecule has 0 aromatic carbocycles. The van der Waals surface area contributed by atoms with Crippen LogP contribution in [-0.2, 0) is 9.59 Å². The van der Waals surface area contributed by atoms with Crippen LogP contribution in [0.1, 0.15) is 54.8 Å². The third-order valence-corrected chi connectivity index (χ3v) is 3.69. The minimum atomic E-state index is -0.552. The molecule has 0 aliphatic carbocycles. The van der Waals surface area contributed by atoms with E-state index < -0.39 is 5.91 Å². The maximum Gasteiger partial charge on any atom is 0.269 e. The summed E-state index contributed by atoms with van der Waals surface area (Å²) in [6.45, 7) is 11.9. The van der Waals surface area contributed by atoms with Gasteiger partial charge in [0.15, 0.2) is 0 Å². The van der Waals surface area contributed by atoms with Crippen LogP contribution in [0.15, 0.2) is 12.7 Å². The van der Waals surface area contributed by atoms with E-state index >= 15 is 0 Å². The summed E-state index contributed by atoms with van der Waals surface area (Å²) in [6, 6.07) is -0.143. The van der Waals surface area contributed by atoms with E-state index in [0.29, 0.717) is 11.6 Å². The van der Waals surface area contributed by atoms with Crippen molar-refractivity contribution in [3.63, 3.8) is 0 Å². The molecule has 3 N–H and O–H groups in total. The Labute approximate surface area is 141 Å². The van der Waals surface area contributed by atoms with Crippen LogP contribution in [0.2, 0.25) is 0 Å². The lowest BCUT2D eigenvalue weighted by atomic mass is 10.0. The Balaban J connectivity index is 0. The molecule has 1 atom stereocenters. The monoisotopic (exact) mass is 329 g/mol. The van der Waals surface area contributed by atoms with E-state index in [0.717, 1.165) is 31.8 Å². The molecule has 6 nitrogen and oxygen atoms in total. The number of carbonyl (C=O) groups is 2. The highest BCUT2D eigenvalue weighted by Gasteiger charge is 2.23. The molecular formula is C17H35N3O3. The van der Waals surface area contributed by atoms with Crippen LogP contribution in [0, 0.1) is 5.92 Å². The molecule has 0 fully saturated rings. The normalized spacial score (nSPS) is 12.3. The van der Waals surface area contributed by atoms with Gasteiger partial charge < -0.3 is 10.6 Å². The lowest BCUT2D eigenvalue weighted by Crippen LogP contribution is -2.51. The van der Waals surface area contributed by atoms with E-state index in [-0.39, 0.29) is 31.9 Å². The van der Waals surface area contributed by atoms with Crippen molar-refractivity contribution in [2.45, 2.75) is 65.5 Å². The molecule has 23 heavy (non-hydrogen) atoms. The van der Waals surface area contributed by atoms with Crippen molar-refractivity contribution < 1.29 is 16.2 Å². The second-order valence-corrected chi connectivity index (χ2v) is 6.12. The van der Waals surface area contributed by atoms with Gasteiger partial charge in [-0.05, 0) is 24.8 Å². The molecule has 0 aliphatic rings. The van der Waals surface area contributed by atoms with Gasteiger partial charge in [0.25, 0.3) is 5.91 Å². The van der Waals surface area contributed by atoms with Crippen LogP contribution < -0.4 is 10.6 Å². The summed E-state index contributed by atoms with van der Waals surface area (Å²) in [5, 5.41) is 16.3. The first kappa shape index (κ1) is 21.6. The zero-order valence-electron chi connectivity index (χ0n) is 15.0. The summed E-state index contributed by atoms with van der Waals surface area (Å²) in [6.07, 6.45) is 5.07. The summed E-state index contributed by atoms with van der Waals surface area (Å²) in [4.78, 5) is 23.7. The predicted molar refractivity (Wildman–Crippen MR) is 94.2 cm³/mol. The molecule has 6 heteroatoms. The maximum atomic E-state index is 12.5. The number of nitrogens with zero attached hydrogens (tertiary/aromatic N) is 1. The van der Waals surface area contributed by atoms with Crippen LogP contribution in [0.4, 0.5) is 0 Å². The molecule has 0 rings (SSSR count). The lowest BCUT2D eigenvalue weighted by molar-refractivity contribution is -0.158. The van der Waals surface area contributed by atoms with Gasteiger partial charge in [0.1, 0.15) is 0 Å². The highest BCUT2D eigenvalue weighted by molar-refractivity contribution is 5.86. The second-order valence-electron chi connectivity index (χ2n) is 6.12. The smallest absolute Gasteiger partial charge is 0.269 e. The lowest BCUT2D eigenvalue weighted by Gasteiger charge is -2.26. The van der Waals surface area contributed by atoms with E-state index in [1.807, 2.05) is 13.8 Å². The van der Waals surface area contributed by atoms with Gasteiger partial charge >= 0.3 is 0 Å². The number of rotatable bonds is 12. The third-order valence-electron chi connectivity index (χ3n) is 3.69. The van der Waals surface area contributed by atoms with Crippen LogP contribution >= 0.6 is 0 Å². The first-order chi connectivity index (χ1) is 10.9. The minimum absolute atomic E-state index is 0. The Morgan fingerprint density at radius 2 is 1.83 bits per heavy atom. The summed E-state index contributed by atoms with van der Waals surface area (Å²) in [5.41, 5.74) is 0. The topological polar surface area (TPSA) is 81.7 Å². The molecule has 0 spiro atoms. The number of hydrogen-bond acceptors (Lipinski definition) is 4. The first-order valence-electron chi connectivity index (χ1n) is 8.53. The Morgan fingerprint density at radius 1 is 1.26 bits per heavy atom. The van der Waals surface area contributed by atoms with Crippen molar-refractivity contribution in [3.05, 3.63) is 12.7 Å². The van der Waals surface area contributed by atoms with Crippen molar-refractivity contribution in [3.8, 4) is 0 Å². The van der Waals surface area contributed by atoms with Gasteiger partial charge in [-0.1, -0.05) is 47.1 Å². The number of hydroxylamine groups is 2. The second kappa shape index (κ2) is 12.1. The average molecular weight is 329 g/mol. The van der Waals surface area contributed by atoms with Gasteiger partial charge in [-0.2, -0.15) is 0 Å². The van der Waals surface area contributed by atoms with Crippen molar-refractivity contribution >= 4 is 11.8 Å². The van der Waals surface area contributed by atoms with Gasteiger partial charge in [-0.25, -0.2) is 5.06 Å². The molecule has 0 aromatic rings. The number of nitrogens with one attached hydrogen (secondary N) is 2. The van der Waals surface area contributed by atoms with Gasteiger partial charge in [0, 0.05) is 14.0 Å². The molecule has 0 unspecified atom stereocenters. The van der Waals surface area contributed by atoms with Gasteiger partial charge in [0.05, 0.1) is 12.6 Å². The Kier molecular flexibility index (Phi) is 11.3. The average Bonchev–Trinajstić information content (AvgIpc) is 2.50. The van der Waals surface area contributed by atoms with E-state index in [4.69, 9.17) is 0 Å². The van der Waals surface area contributed by atoms with Crippen molar-refractivity contribution in [2.75, 3.05) is 13.1 Å². The fraction of sp³-hybridized carbons (Fsp3) is 0.765. The van der Waals surface area contributed by atoms with Crippen LogP contribution in [-0.4, -0.2) is 47.3 Å². The number of carbonyl (C=O) groups excluding carboxylic acids is 2. The van der Waals surface area contributed by atoms with Crippen molar-refractivity contribution in [2.24, 2.45) is 5.92 Å². The van der Waals surface area contributed by atoms with Gasteiger partial charge in [0.2, 0.25) is 5.91 Å². The Morgan fingerprint density at radius 3 is 2.26 bits per heavy atom. The molecule has 0 radical (unpaired) electrons.